The summed E-state index contributed by atoms with van der Waals surface area (Å²) in [7, 11) is 1.60. The van der Waals surface area contributed by atoms with Crippen LogP contribution in [0.15, 0.2) is 53.8 Å². The quantitative estimate of drug-likeness (QED) is 0.617. The highest BCUT2D eigenvalue weighted by atomic mass is 19.1. The van der Waals surface area contributed by atoms with E-state index in [1.165, 1.54) is 6.07 Å². The molecule has 1 saturated carbocycles. The maximum absolute atomic E-state index is 14.2. The molecule has 3 aliphatic rings. The molecule has 1 amide bonds. The number of Topliss-reactive ketones (excluding diaryl/α,β-unsaturated/α-hetero) is 1. The number of halogens is 1. The lowest BCUT2D eigenvalue weighted by Crippen LogP contribution is -2.42. The van der Waals surface area contributed by atoms with Crippen molar-refractivity contribution < 1.29 is 33.3 Å². The van der Waals surface area contributed by atoms with Crippen molar-refractivity contribution in [1.82, 2.24) is 4.90 Å². The molecule has 190 valence electrons. The van der Waals surface area contributed by atoms with Gasteiger partial charge in [0.2, 0.25) is 0 Å². The van der Waals surface area contributed by atoms with E-state index >= 15 is 0 Å². The number of benzene rings is 2. The highest BCUT2D eigenvalue weighted by molar-refractivity contribution is 6.11. The molecule has 7 nitrogen and oxygen atoms in total. The van der Waals surface area contributed by atoms with Gasteiger partial charge in [-0.1, -0.05) is 18.2 Å². The number of fused-ring (bicyclic) bond motifs is 1. The average molecular weight is 496 g/mol. The molecule has 2 aliphatic heterocycles. The summed E-state index contributed by atoms with van der Waals surface area (Å²) in [4.78, 5) is 29.0. The highest BCUT2D eigenvalue weighted by Crippen LogP contribution is 2.48. The predicted octanol–water partition coefficient (Wildman–Crippen LogP) is 4.29. The third kappa shape index (κ3) is 4.29. The molecular formula is C28H30FNO6. The summed E-state index contributed by atoms with van der Waals surface area (Å²) >= 11 is 0. The van der Waals surface area contributed by atoms with Crippen LogP contribution in [0.2, 0.25) is 0 Å². The third-order valence-corrected chi connectivity index (χ3v) is 7.28. The average Bonchev–Trinajstić information content (AvgIpc) is 3.16. The number of carbonyl (C=O) groups is 2. The Kier molecular flexibility index (Phi) is 6.60. The normalized spacial score (nSPS) is 25.4. The van der Waals surface area contributed by atoms with Crippen molar-refractivity contribution >= 4 is 11.7 Å². The fraction of sp³-hybridized carbons (Fsp3) is 0.429. The van der Waals surface area contributed by atoms with Crippen LogP contribution in [0, 0.1) is 5.92 Å². The summed E-state index contributed by atoms with van der Waals surface area (Å²) in [6.07, 6.45) is -0.143. The summed E-state index contributed by atoms with van der Waals surface area (Å²) in [5, 5.41) is 10.2. The van der Waals surface area contributed by atoms with Gasteiger partial charge in [0.05, 0.1) is 31.2 Å². The van der Waals surface area contributed by atoms with Gasteiger partial charge < -0.3 is 24.2 Å². The fourth-order valence-electron chi connectivity index (χ4n) is 5.45. The number of nitrogens with zero attached hydrogens (tertiary/aromatic N) is 1. The lowest BCUT2D eigenvalue weighted by atomic mass is 9.77. The van der Waals surface area contributed by atoms with Gasteiger partial charge in [0.25, 0.3) is 5.91 Å². The molecule has 1 N–H and O–H groups in total. The molecule has 36 heavy (non-hydrogen) atoms. The second-order valence-electron chi connectivity index (χ2n) is 9.44. The van der Waals surface area contributed by atoms with Crippen molar-refractivity contribution in [1.29, 1.82) is 0 Å². The molecule has 1 aliphatic carbocycles. The van der Waals surface area contributed by atoms with Crippen LogP contribution in [-0.2, 0) is 20.7 Å². The lowest BCUT2D eigenvalue weighted by molar-refractivity contribution is -0.136. The van der Waals surface area contributed by atoms with E-state index in [-0.39, 0.29) is 40.9 Å². The number of rotatable bonds is 7. The SMILES string of the molecule is CCOc1cc(C2C3=C(OC4CCC(F)CC4C3=O)C(=O)N2CCc2ccc(OC)cc2)ccc1O. The number of ketones is 1. The van der Waals surface area contributed by atoms with Crippen molar-refractivity contribution in [3.8, 4) is 17.2 Å². The van der Waals surface area contributed by atoms with Crippen LogP contribution >= 0.6 is 0 Å². The molecule has 2 aromatic rings. The van der Waals surface area contributed by atoms with Crippen LogP contribution in [0.5, 0.6) is 17.2 Å². The monoisotopic (exact) mass is 495 g/mol. The Morgan fingerprint density at radius 2 is 1.92 bits per heavy atom. The van der Waals surface area contributed by atoms with Crippen LogP contribution in [0.3, 0.4) is 0 Å². The smallest absolute Gasteiger partial charge is 0.290 e. The van der Waals surface area contributed by atoms with Crippen LogP contribution in [0.4, 0.5) is 4.39 Å². The number of aromatic hydroxyl groups is 1. The van der Waals surface area contributed by atoms with Crippen LogP contribution in [0.1, 0.15) is 43.4 Å². The number of amides is 1. The molecule has 0 bridgehead atoms. The number of alkyl halides is 1. The molecule has 4 unspecified atom stereocenters. The van der Waals surface area contributed by atoms with Gasteiger partial charge in [0.1, 0.15) is 18.0 Å². The number of phenols is 1. The number of hydrogen-bond acceptors (Lipinski definition) is 6. The first-order valence-corrected chi connectivity index (χ1v) is 12.4. The van der Waals surface area contributed by atoms with Crippen molar-refractivity contribution in [2.45, 2.75) is 50.9 Å². The van der Waals surface area contributed by atoms with Gasteiger partial charge in [-0.15, -0.1) is 0 Å². The van der Waals surface area contributed by atoms with E-state index in [0.717, 1.165) is 11.3 Å². The molecule has 2 aromatic carbocycles. The van der Waals surface area contributed by atoms with E-state index in [4.69, 9.17) is 14.2 Å². The number of carbonyl (C=O) groups excluding carboxylic acids is 2. The molecule has 0 radical (unpaired) electrons. The molecule has 4 atom stereocenters. The third-order valence-electron chi connectivity index (χ3n) is 7.28. The zero-order chi connectivity index (χ0) is 25.4. The number of methoxy groups -OCH3 is 1. The Labute approximate surface area is 209 Å². The van der Waals surface area contributed by atoms with Crippen molar-refractivity contribution in [3.63, 3.8) is 0 Å². The van der Waals surface area contributed by atoms with Crippen molar-refractivity contribution in [2.75, 3.05) is 20.3 Å². The Balaban J connectivity index is 1.51. The van der Waals surface area contributed by atoms with E-state index in [2.05, 4.69) is 0 Å². The summed E-state index contributed by atoms with van der Waals surface area (Å²) in [5.41, 5.74) is 1.92. The van der Waals surface area contributed by atoms with E-state index in [9.17, 15) is 19.1 Å². The first kappa shape index (κ1) is 24.2. The minimum atomic E-state index is -1.05. The number of ether oxygens (including phenoxy) is 3. The summed E-state index contributed by atoms with van der Waals surface area (Å²) in [5.74, 6) is -0.106. The first-order chi connectivity index (χ1) is 17.4. The Morgan fingerprint density at radius 1 is 1.14 bits per heavy atom. The zero-order valence-corrected chi connectivity index (χ0v) is 20.4. The lowest BCUT2D eigenvalue weighted by Gasteiger charge is -2.36. The predicted molar refractivity (Wildman–Crippen MR) is 130 cm³/mol. The van der Waals surface area contributed by atoms with Gasteiger partial charge in [-0.05, 0) is 68.0 Å². The summed E-state index contributed by atoms with van der Waals surface area (Å²) in [6, 6.07) is 11.7. The molecule has 0 spiro atoms. The highest BCUT2D eigenvalue weighted by Gasteiger charge is 2.52. The minimum Gasteiger partial charge on any atom is -0.504 e. The second kappa shape index (κ2) is 9.84. The second-order valence-corrected chi connectivity index (χ2v) is 9.44. The molecule has 2 heterocycles. The fourth-order valence-corrected chi connectivity index (χ4v) is 5.45. The maximum Gasteiger partial charge on any atom is 0.290 e. The largest absolute Gasteiger partial charge is 0.504 e. The van der Waals surface area contributed by atoms with Gasteiger partial charge in [0, 0.05) is 6.54 Å². The molecule has 5 rings (SSSR count). The molecule has 8 heteroatoms. The first-order valence-electron chi connectivity index (χ1n) is 12.4. The Morgan fingerprint density at radius 3 is 2.64 bits per heavy atom. The minimum absolute atomic E-state index is 0.0252. The van der Waals surface area contributed by atoms with E-state index in [1.54, 1.807) is 24.1 Å². The Bertz CT molecular complexity index is 1190. The molecular weight excluding hydrogens is 465 g/mol. The summed E-state index contributed by atoms with van der Waals surface area (Å²) < 4.78 is 31.1. The summed E-state index contributed by atoms with van der Waals surface area (Å²) in [6.45, 7) is 2.49. The maximum atomic E-state index is 14.2. The van der Waals surface area contributed by atoms with Gasteiger partial charge >= 0.3 is 0 Å². The van der Waals surface area contributed by atoms with E-state index < -0.39 is 24.2 Å². The van der Waals surface area contributed by atoms with E-state index in [0.29, 0.717) is 38.0 Å². The van der Waals surface area contributed by atoms with E-state index in [1.807, 2.05) is 31.2 Å². The topological polar surface area (TPSA) is 85.3 Å². The van der Waals surface area contributed by atoms with Crippen molar-refractivity contribution in [2.24, 2.45) is 5.92 Å². The van der Waals surface area contributed by atoms with Crippen LogP contribution in [0.25, 0.3) is 0 Å². The molecule has 0 saturated heterocycles. The zero-order valence-electron chi connectivity index (χ0n) is 20.4. The van der Waals surface area contributed by atoms with Gasteiger partial charge in [-0.2, -0.15) is 0 Å². The Hall–Kier alpha value is -3.55. The standard InChI is InChI=1S/C28H30FNO6/c1-3-35-23-14-17(6-10-21(23)31)25-24-26(32)20-15-18(29)7-11-22(20)36-27(24)28(33)30(25)13-12-16-4-8-19(34-2)9-5-16/h4-6,8-10,14,18,20,22,25,31H,3,7,11-13,15H2,1-2H3. The molecule has 1 fully saturated rings. The van der Waals surface area contributed by atoms with Crippen LogP contribution < -0.4 is 9.47 Å². The number of hydrogen-bond donors (Lipinski definition) is 1. The van der Waals surface area contributed by atoms with Gasteiger partial charge in [-0.25, -0.2) is 4.39 Å². The number of phenolic OH excluding ortho intramolecular Hbond substituents is 1. The van der Waals surface area contributed by atoms with Crippen molar-refractivity contribution in [3.05, 3.63) is 64.9 Å². The van der Waals surface area contributed by atoms with Gasteiger partial charge in [0.15, 0.2) is 23.0 Å². The van der Waals surface area contributed by atoms with Gasteiger partial charge in [-0.3, -0.25) is 9.59 Å². The molecule has 0 aromatic heterocycles. The van der Waals surface area contributed by atoms with Crippen LogP contribution in [-0.4, -0.2) is 54.2 Å².